The molecule has 1 aromatic carbocycles. The Balaban J connectivity index is 2.04. The Bertz CT molecular complexity index is 808. The first kappa shape index (κ1) is 18.7. The van der Waals surface area contributed by atoms with Gasteiger partial charge >= 0.3 is 0 Å². The zero-order valence-electron chi connectivity index (χ0n) is 15.3. The molecule has 0 saturated carbocycles. The van der Waals surface area contributed by atoms with Crippen LogP contribution < -0.4 is 5.32 Å². The Morgan fingerprint density at radius 1 is 1.17 bits per heavy atom. The molecule has 0 bridgehead atoms. The maximum Gasteiger partial charge on any atom is 0.175 e. The highest BCUT2D eigenvalue weighted by atomic mass is 32.2. The van der Waals surface area contributed by atoms with Crippen molar-refractivity contribution >= 4 is 9.84 Å². The van der Waals surface area contributed by atoms with Crippen LogP contribution in [0.15, 0.2) is 29.2 Å². The number of hydrogen-bond donors (Lipinski definition) is 1. The van der Waals surface area contributed by atoms with Gasteiger partial charge < -0.3 is 5.32 Å². The predicted molar refractivity (Wildman–Crippen MR) is 97.0 cm³/mol. The van der Waals surface area contributed by atoms with Crippen molar-refractivity contribution in [3.05, 3.63) is 46.8 Å². The van der Waals surface area contributed by atoms with Crippen molar-refractivity contribution in [2.75, 3.05) is 6.26 Å². The van der Waals surface area contributed by atoms with Crippen LogP contribution >= 0.6 is 0 Å². The van der Waals surface area contributed by atoms with Crippen molar-refractivity contribution in [2.45, 2.75) is 51.1 Å². The van der Waals surface area contributed by atoms with Gasteiger partial charge in [0.2, 0.25) is 0 Å². The predicted octanol–water partition coefficient (Wildman–Crippen LogP) is 2.72. The van der Waals surface area contributed by atoms with Gasteiger partial charge in [-0.3, -0.25) is 4.68 Å². The smallest absolute Gasteiger partial charge is 0.175 e. The van der Waals surface area contributed by atoms with Crippen LogP contribution in [-0.4, -0.2) is 30.5 Å². The summed E-state index contributed by atoms with van der Waals surface area (Å²) in [6, 6.07) is 7.52. The lowest BCUT2D eigenvalue weighted by atomic mass is 10.0. The summed E-state index contributed by atoms with van der Waals surface area (Å²) in [5, 5.41) is 8.05. The summed E-state index contributed by atoms with van der Waals surface area (Å²) in [7, 11) is -1.18. The Kier molecular flexibility index (Phi) is 5.50. The summed E-state index contributed by atoms with van der Waals surface area (Å²) >= 11 is 0. The van der Waals surface area contributed by atoms with E-state index < -0.39 is 9.84 Å². The van der Waals surface area contributed by atoms with E-state index >= 15 is 0 Å². The maximum absolute atomic E-state index is 11.5. The van der Waals surface area contributed by atoms with Gasteiger partial charge in [0.25, 0.3) is 0 Å². The van der Waals surface area contributed by atoms with Crippen molar-refractivity contribution in [3.63, 3.8) is 0 Å². The first-order valence-corrected chi connectivity index (χ1v) is 10.0. The van der Waals surface area contributed by atoms with Crippen molar-refractivity contribution < 1.29 is 8.42 Å². The van der Waals surface area contributed by atoms with E-state index in [1.165, 1.54) is 17.5 Å². The monoisotopic (exact) mass is 349 g/mol. The molecule has 24 heavy (non-hydrogen) atoms. The summed E-state index contributed by atoms with van der Waals surface area (Å²) in [6.07, 6.45) is 2.14. The van der Waals surface area contributed by atoms with Gasteiger partial charge in [-0.05, 0) is 57.4 Å². The highest BCUT2D eigenvalue weighted by molar-refractivity contribution is 7.90. The second-order valence-corrected chi connectivity index (χ2v) is 8.62. The van der Waals surface area contributed by atoms with E-state index in [1.54, 1.807) is 12.1 Å². The normalized spacial score (nSPS) is 14.6. The van der Waals surface area contributed by atoms with E-state index in [1.807, 2.05) is 30.8 Å². The van der Waals surface area contributed by atoms with Crippen molar-refractivity contribution in [1.82, 2.24) is 15.1 Å². The Hall–Kier alpha value is -1.66. The molecule has 0 aliphatic carbocycles. The summed E-state index contributed by atoms with van der Waals surface area (Å²) < 4.78 is 25.0. The van der Waals surface area contributed by atoms with E-state index in [0.29, 0.717) is 4.90 Å². The van der Waals surface area contributed by atoms with Crippen LogP contribution in [0.5, 0.6) is 0 Å². The molecule has 2 rings (SSSR count). The molecule has 0 aliphatic rings. The molecule has 0 unspecified atom stereocenters. The molecule has 5 nitrogen and oxygen atoms in total. The fraction of sp³-hybridized carbons (Fsp3) is 0.500. The fourth-order valence-corrected chi connectivity index (χ4v) is 3.64. The molecule has 0 spiro atoms. The Labute approximate surface area is 145 Å². The van der Waals surface area contributed by atoms with Gasteiger partial charge in [-0.15, -0.1) is 0 Å². The molecule has 0 aliphatic heterocycles. The molecular weight excluding hydrogens is 322 g/mol. The van der Waals surface area contributed by atoms with Gasteiger partial charge in [0.1, 0.15) is 0 Å². The van der Waals surface area contributed by atoms with Gasteiger partial charge in [-0.25, -0.2) is 8.42 Å². The second kappa shape index (κ2) is 7.07. The van der Waals surface area contributed by atoms with Crippen molar-refractivity contribution in [1.29, 1.82) is 0 Å². The van der Waals surface area contributed by atoms with E-state index in [-0.39, 0.29) is 12.1 Å². The number of aromatic nitrogens is 2. The molecule has 0 fully saturated rings. The summed E-state index contributed by atoms with van der Waals surface area (Å²) in [6.45, 7) is 8.39. The molecule has 132 valence electrons. The van der Waals surface area contributed by atoms with Crippen molar-refractivity contribution in [2.24, 2.45) is 7.05 Å². The topological polar surface area (TPSA) is 64.0 Å². The van der Waals surface area contributed by atoms with Crippen LogP contribution in [-0.2, 0) is 23.3 Å². The van der Waals surface area contributed by atoms with Crippen molar-refractivity contribution in [3.8, 4) is 0 Å². The molecule has 1 N–H and O–H groups in total. The molecule has 0 amide bonds. The van der Waals surface area contributed by atoms with Gasteiger partial charge in [-0.2, -0.15) is 5.10 Å². The first-order chi connectivity index (χ1) is 11.1. The number of benzene rings is 1. The SMILES string of the molecule is Cc1nn(C)c(C)c1C[C@H](C)N[C@@H](C)c1ccc(S(C)(=O)=O)cc1. The third kappa shape index (κ3) is 4.24. The molecule has 2 atom stereocenters. The molecule has 1 aromatic heterocycles. The zero-order chi connectivity index (χ0) is 18.1. The molecular formula is C18H27N3O2S. The number of rotatable bonds is 6. The van der Waals surface area contributed by atoms with Gasteiger partial charge in [-0.1, -0.05) is 12.1 Å². The lowest BCUT2D eigenvalue weighted by molar-refractivity contribution is 0.475. The average molecular weight is 350 g/mol. The number of sulfone groups is 1. The van der Waals surface area contributed by atoms with Crippen LogP contribution in [0, 0.1) is 13.8 Å². The minimum Gasteiger partial charge on any atom is -0.307 e. The standard InChI is InChI=1S/C18H27N3O2S/c1-12(11-18-14(3)20-21(5)15(18)4)19-13(2)16-7-9-17(10-8-16)24(6,22)23/h7-10,12-13,19H,11H2,1-6H3/t12-,13-/m0/s1. The van der Waals surface area contributed by atoms with Crippen LogP contribution in [0.2, 0.25) is 0 Å². The van der Waals surface area contributed by atoms with Gasteiger partial charge in [0, 0.05) is 31.1 Å². The first-order valence-electron chi connectivity index (χ1n) is 8.14. The quantitative estimate of drug-likeness (QED) is 0.871. The average Bonchev–Trinajstić information content (AvgIpc) is 2.73. The Morgan fingerprint density at radius 3 is 2.21 bits per heavy atom. The zero-order valence-corrected chi connectivity index (χ0v) is 16.1. The molecule has 2 aromatic rings. The minimum atomic E-state index is -3.15. The minimum absolute atomic E-state index is 0.144. The Morgan fingerprint density at radius 2 is 1.75 bits per heavy atom. The van der Waals surface area contributed by atoms with E-state index in [9.17, 15) is 8.42 Å². The van der Waals surface area contributed by atoms with E-state index in [4.69, 9.17) is 0 Å². The lowest BCUT2D eigenvalue weighted by Gasteiger charge is -2.21. The molecule has 0 radical (unpaired) electrons. The third-order valence-corrected chi connectivity index (χ3v) is 5.64. The molecule has 6 heteroatoms. The summed E-state index contributed by atoms with van der Waals surface area (Å²) in [4.78, 5) is 0.355. The molecule has 1 heterocycles. The van der Waals surface area contributed by atoms with Crippen LogP contribution in [0.3, 0.4) is 0 Å². The number of nitrogens with one attached hydrogen (secondary N) is 1. The summed E-state index contributed by atoms with van der Waals surface area (Å²) in [5.74, 6) is 0. The van der Waals surface area contributed by atoms with E-state index in [0.717, 1.165) is 17.7 Å². The summed E-state index contributed by atoms with van der Waals surface area (Å²) in [5.41, 5.74) is 4.64. The fourth-order valence-electron chi connectivity index (χ4n) is 3.00. The largest absolute Gasteiger partial charge is 0.307 e. The second-order valence-electron chi connectivity index (χ2n) is 6.61. The number of hydrogen-bond acceptors (Lipinski definition) is 4. The van der Waals surface area contributed by atoms with Gasteiger partial charge in [0.05, 0.1) is 10.6 Å². The van der Waals surface area contributed by atoms with Crippen LogP contribution in [0.1, 0.15) is 42.4 Å². The highest BCUT2D eigenvalue weighted by Crippen LogP contribution is 2.19. The number of nitrogens with zero attached hydrogens (tertiary/aromatic N) is 2. The molecule has 0 saturated heterocycles. The van der Waals surface area contributed by atoms with Crippen LogP contribution in [0.4, 0.5) is 0 Å². The van der Waals surface area contributed by atoms with E-state index in [2.05, 4.69) is 31.2 Å². The highest BCUT2D eigenvalue weighted by Gasteiger charge is 2.16. The third-order valence-electron chi connectivity index (χ3n) is 4.51. The maximum atomic E-state index is 11.5. The number of aryl methyl sites for hydroxylation is 2. The lowest BCUT2D eigenvalue weighted by Crippen LogP contribution is -2.31. The van der Waals surface area contributed by atoms with Gasteiger partial charge in [0.15, 0.2) is 9.84 Å². The van der Waals surface area contributed by atoms with Crippen LogP contribution in [0.25, 0.3) is 0 Å².